The summed E-state index contributed by atoms with van der Waals surface area (Å²) in [4.78, 5) is 12.6. The van der Waals surface area contributed by atoms with Crippen molar-refractivity contribution in [3.05, 3.63) is 54.1 Å². The molecular formula is C18H18N2O3. The van der Waals surface area contributed by atoms with Crippen LogP contribution in [-0.2, 0) is 13.1 Å². The van der Waals surface area contributed by atoms with Crippen LogP contribution in [0.15, 0.2) is 47.1 Å². The molecule has 0 unspecified atom stereocenters. The Morgan fingerprint density at radius 2 is 2.26 bits per heavy atom. The maximum absolute atomic E-state index is 12.6. The lowest BCUT2D eigenvalue weighted by atomic mass is 10.2. The number of benzene rings is 1. The number of carbonyl (C=O) groups is 1. The molecule has 118 valence electrons. The summed E-state index contributed by atoms with van der Waals surface area (Å²) < 4.78 is 13.3. The summed E-state index contributed by atoms with van der Waals surface area (Å²) in [5.74, 6) is 1.49. The second-order valence-corrected chi connectivity index (χ2v) is 5.74. The number of nitrogens with zero attached hydrogens (tertiary/aromatic N) is 1. The van der Waals surface area contributed by atoms with Gasteiger partial charge in [0.15, 0.2) is 0 Å². The molecule has 0 saturated heterocycles. The molecule has 0 fully saturated rings. The van der Waals surface area contributed by atoms with E-state index >= 15 is 0 Å². The largest absolute Gasteiger partial charge is 0.486 e. The van der Waals surface area contributed by atoms with E-state index in [9.17, 15) is 4.79 Å². The molecule has 0 radical (unpaired) electrons. The molecule has 0 bridgehead atoms. The van der Waals surface area contributed by atoms with Gasteiger partial charge in [0.2, 0.25) is 0 Å². The number of ether oxygens (including phenoxy) is 1. The van der Waals surface area contributed by atoms with E-state index in [-0.39, 0.29) is 12.0 Å². The van der Waals surface area contributed by atoms with Crippen molar-refractivity contribution in [2.45, 2.75) is 32.5 Å². The molecule has 2 aromatic heterocycles. The highest BCUT2D eigenvalue weighted by Gasteiger charge is 2.25. The Morgan fingerprint density at radius 3 is 3.04 bits per heavy atom. The summed E-state index contributed by atoms with van der Waals surface area (Å²) in [5, 5.41) is 3.95. The molecule has 0 aliphatic carbocycles. The topological polar surface area (TPSA) is 56.4 Å². The fourth-order valence-electron chi connectivity index (χ4n) is 3.07. The zero-order valence-corrected chi connectivity index (χ0v) is 12.9. The number of carbonyl (C=O) groups excluding carboxylic acids is 1. The molecule has 1 aliphatic rings. The van der Waals surface area contributed by atoms with Crippen molar-refractivity contribution in [1.29, 1.82) is 0 Å². The number of rotatable bonds is 4. The van der Waals surface area contributed by atoms with Crippen LogP contribution in [0.5, 0.6) is 5.75 Å². The predicted molar refractivity (Wildman–Crippen MR) is 86.5 cm³/mol. The molecule has 5 heteroatoms. The number of hydrogen-bond donors (Lipinski definition) is 1. The summed E-state index contributed by atoms with van der Waals surface area (Å²) in [6.45, 7) is 3.17. The highest BCUT2D eigenvalue weighted by Crippen LogP contribution is 2.34. The second-order valence-electron chi connectivity index (χ2n) is 5.74. The van der Waals surface area contributed by atoms with Gasteiger partial charge < -0.3 is 19.0 Å². The van der Waals surface area contributed by atoms with Gasteiger partial charge in [0.05, 0.1) is 24.9 Å². The maximum atomic E-state index is 12.6. The van der Waals surface area contributed by atoms with E-state index in [4.69, 9.17) is 9.15 Å². The van der Waals surface area contributed by atoms with Gasteiger partial charge in [0.25, 0.3) is 5.91 Å². The van der Waals surface area contributed by atoms with Crippen LogP contribution in [0.4, 0.5) is 0 Å². The summed E-state index contributed by atoms with van der Waals surface area (Å²) >= 11 is 0. The summed E-state index contributed by atoms with van der Waals surface area (Å²) in [7, 11) is 0. The Labute approximate surface area is 133 Å². The van der Waals surface area contributed by atoms with Crippen molar-refractivity contribution in [2.75, 3.05) is 0 Å². The molecule has 3 heterocycles. The fraction of sp³-hybridized carbons (Fsp3) is 0.278. The quantitative estimate of drug-likeness (QED) is 0.804. The number of aromatic nitrogens is 1. The number of hydrogen-bond acceptors (Lipinski definition) is 3. The van der Waals surface area contributed by atoms with Crippen molar-refractivity contribution >= 4 is 16.8 Å². The smallest absolute Gasteiger partial charge is 0.268 e. The van der Waals surface area contributed by atoms with Crippen LogP contribution in [0.1, 0.15) is 29.6 Å². The van der Waals surface area contributed by atoms with Crippen LogP contribution >= 0.6 is 0 Å². The van der Waals surface area contributed by atoms with Crippen molar-refractivity contribution in [1.82, 2.24) is 9.88 Å². The molecule has 1 amide bonds. The first kappa shape index (κ1) is 13.9. The lowest BCUT2D eigenvalue weighted by molar-refractivity contribution is 0.0932. The molecule has 4 rings (SSSR count). The summed E-state index contributed by atoms with van der Waals surface area (Å²) in [5.41, 5.74) is 1.67. The number of para-hydroxylation sites is 1. The van der Waals surface area contributed by atoms with Gasteiger partial charge in [-0.2, -0.15) is 0 Å². The zero-order valence-electron chi connectivity index (χ0n) is 12.9. The van der Waals surface area contributed by atoms with Crippen LogP contribution < -0.4 is 10.1 Å². The van der Waals surface area contributed by atoms with E-state index in [1.807, 2.05) is 36.4 Å². The van der Waals surface area contributed by atoms with E-state index in [2.05, 4.69) is 16.8 Å². The van der Waals surface area contributed by atoms with Gasteiger partial charge in [-0.15, -0.1) is 0 Å². The molecule has 1 atom stereocenters. The van der Waals surface area contributed by atoms with Crippen LogP contribution in [0.3, 0.4) is 0 Å². The van der Waals surface area contributed by atoms with Crippen molar-refractivity contribution in [3.63, 3.8) is 0 Å². The molecule has 1 aliphatic heterocycles. The van der Waals surface area contributed by atoms with Gasteiger partial charge >= 0.3 is 0 Å². The number of nitrogens with one attached hydrogen (secondary N) is 1. The zero-order chi connectivity index (χ0) is 15.8. The Morgan fingerprint density at radius 1 is 1.35 bits per heavy atom. The number of furan rings is 1. The van der Waals surface area contributed by atoms with Gasteiger partial charge in [-0.05, 0) is 30.7 Å². The Bertz CT molecular complexity index is 849. The van der Waals surface area contributed by atoms with Crippen LogP contribution in [-0.4, -0.2) is 16.6 Å². The third kappa shape index (κ3) is 2.38. The average molecular weight is 310 g/mol. The molecule has 0 spiro atoms. The van der Waals surface area contributed by atoms with Crippen LogP contribution in [0.2, 0.25) is 0 Å². The Kier molecular flexibility index (Phi) is 3.33. The van der Waals surface area contributed by atoms with Crippen LogP contribution in [0.25, 0.3) is 10.9 Å². The van der Waals surface area contributed by atoms with Crippen LogP contribution in [0, 0.1) is 0 Å². The minimum atomic E-state index is -0.0969. The van der Waals surface area contributed by atoms with Gasteiger partial charge in [-0.3, -0.25) is 4.79 Å². The van der Waals surface area contributed by atoms with Gasteiger partial charge in [0.1, 0.15) is 23.3 Å². The minimum absolute atomic E-state index is 0.0946. The minimum Gasteiger partial charge on any atom is -0.486 e. The Balaban J connectivity index is 1.68. The first-order valence-electron chi connectivity index (χ1n) is 7.85. The van der Waals surface area contributed by atoms with Crippen molar-refractivity contribution < 1.29 is 13.9 Å². The summed E-state index contributed by atoms with van der Waals surface area (Å²) in [6.07, 6.45) is 2.60. The molecule has 3 aromatic rings. The Hall–Kier alpha value is -2.69. The van der Waals surface area contributed by atoms with E-state index in [0.717, 1.165) is 28.8 Å². The second kappa shape index (κ2) is 5.50. The highest BCUT2D eigenvalue weighted by molar-refractivity contribution is 6.00. The van der Waals surface area contributed by atoms with Gasteiger partial charge in [0, 0.05) is 5.39 Å². The lowest BCUT2D eigenvalue weighted by Crippen LogP contribution is -2.31. The van der Waals surface area contributed by atoms with Gasteiger partial charge in [-0.25, -0.2) is 0 Å². The van der Waals surface area contributed by atoms with E-state index in [0.29, 0.717) is 18.8 Å². The molecule has 0 saturated carbocycles. The molecule has 1 N–H and O–H groups in total. The van der Waals surface area contributed by atoms with E-state index in [1.165, 1.54) is 0 Å². The summed E-state index contributed by atoms with van der Waals surface area (Å²) in [6, 6.07) is 11.5. The molecule has 1 aromatic carbocycles. The third-order valence-corrected chi connectivity index (χ3v) is 4.25. The molecular weight excluding hydrogens is 292 g/mol. The van der Waals surface area contributed by atoms with E-state index < -0.39 is 0 Å². The van der Waals surface area contributed by atoms with Crippen molar-refractivity contribution in [3.8, 4) is 5.75 Å². The standard InChI is InChI=1S/C18H18N2O3/c1-2-13-11-20-15(18(21)19-10-14-6-4-8-22-14)9-12-5-3-7-16(23-13)17(12)20/h3-9,13H,2,10-11H2,1H3,(H,19,21)/t13-/m0/s1. The first-order chi connectivity index (χ1) is 11.3. The monoisotopic (exact) mass is 310 g/mol. The number of amides is 1. The maximum Gasteiger partial charge on any atom is 0.268 e. The third-order valence-electron chi connectivity index (χ3n) is 4.25. The molecule has 23 heavy (non-hydrogen) atoms. The predicted octanol–water partition coefficient (Wildman–Crippen LogP) is 3.34. The first-order valence-corrected chi connectivity index (χ1v) is 7.85. The lowest BCUT2D eigenvalue weighted by Gasteiger charge is -2.26. The average Bonchev–Trinajstić information content (AvgIpc) is 3.21. The normalized spacial score (nSPS) is 16.3. The fourth-order valence-corrected chi connectivity index (χ4v) is 3.07. The molecule has 5 nitrogen and oxygen atoms in total. The van der Waals surface area contributed by atoms with Crippen molar-refractivity contribution in [2.24, 2.45) is 0 Å². The van der Waals surface area contributed by atoms with Gasteiger partial charge in [-0.1, -0.05) is 19.1 Å². The van der Waals surface area contributed by atoms with E-state index in [1.54, 1.807) is 6.26 Å². The highest BCUT2D eigenvalue weighted by atomic mass is 16.5. The SMILES string of the molecule is CC[C@H]1Cn2c(C(=O)NCc3ccco3)cc3cccc(c32)O1.